The van der Waals surface area contributed by atoms with Gasteiger partial charge in [-0.2, -0.15) is 0 Å². The SMILES string of the molecule is O=C1COc2cc(NCc3cc(Br)cs3)c(Cl)cc2N1. The van der Waals surface area contributed by atoms with Gasteiger partial charge in [-0.1, -0.05) is 11.6 Å². The molecule has 0 unspecified atom stereocenters. The normalized spacial score (nSPS) is 13.4. The first-order chi connectivity index (χ1) is 9.61. The first-order valence-electron chi connectivity index (χ1n) is 5.85. The van der Waals surface area contributed by atoms with Crippen LogP contribution < -0.4 is 15.4 Å². The first kappa shape index (κ1) is 13.7. The third-order valence-electron chi connectivity index (χ3n) is 2.78. The first-order valence-corrected chi connectivity index (χ1v) is 7.90. The fourth-order valence-electron chi connectivity index (χ4n) is 1.86. The summed E-state index contributed by atoms with van der Waals surface area (Å²) in [5.74, 6) is 0.460. The second-order valence-corrected chi connectivity index (χ2v) is 6.57. The fraction of sp³-hybridized carbons (Fsp3) is 0.154. The maximum Gasteiger partial charge on any atom is 0.262 e. The van der Waals surface area contributed by atoms with Gasteiger partial charge in [0.25, 0.3) is 5.91 Å². The molecule has 0 bridgehead atoms. The number of ether oxygens (including phenoxy) is 1. The Morgan fingerprint density at radius 2 is 2.30 bits per heavy atom. The zero-order chi connectivity index (χ0) is 14.1. The van der Waals surface area contributed by atoms with E-state index in [0.717, 1.165) is 10.2 Å². The molecule has 0 atom stereocenters. The van der Waals surface area contributed by atoms with Crippen LogP contribution >= 0.6 is 38.9 Å². The Morgan fingerprint density at radius 1 is 1.45 bits per heavy atom. The third-order valence-corrected chi connectivity index (χ3v) is 4.79. The van der Waals surface area contributed by atoms with Gasteiger partial charge < -0.3 is 15.4 Å². The highest BCUT2D eigenvalue weighted by atomic mass is 79.9. The number of nitrogens with one attached hydrogen (secondary N) is 2. The average molecular weight is 374 g/mol. The Labute approximate surface area is 133 Å². The van der Waals surface area contributed by atoms with Gasteiger partial charge >= 0.3 is 0 Å². The van der Waals surface area contributed by atoms with Crippen molar-refractivity contribution < 1.29 is 9.53 Å². The number of hydrogen-bond donors (Lipinski definition) is 2. The minimum atomic E-state index is -0.169. The molecule has 0 spiro atoms. The van der Waals surface area contributed by atoms with Crippen LogP contribution in [0.1, 0.15) is 4.88 Å². The largest absolute Gasteiger partial charge is 0.482 e. The van der Waals surface area contributed by atoms with Crippen LogP contribution in [0.3, 0.4) is 0 Å². The predicted octanol–water partition coefficient (Wildman–Crippen LogP) is 4.11. The van der Waals surface area contributed by atoms with Crippen LogP contribution in [-0.2, 0) is 11.3 Å². The zero-order valence-electron chi connectivity index (χ0n) is 10.2. The lowest BCUT2D eigenvalue weighted by molar-refractivity contribution is -0.118. The molecule has 1 aromatic carbocycles. The summed E-state index contributed by atoms with van der Waals surface area (Å²) in [6.45, 7) is 0.715. The molecule has 0 aliphatic carbocycles. The second kappa shape index (κ2) is 5.63. The van der Waals surface area contributed by atoms with Crippen molar-refractivity contribution in [3.63, 3.8) is 0 Å². The molecule has 1 aliphatic heterocycles. The maximum absolute atomic E-state index is 11.2. The van der Waals surface area contributed by atoms with E-state index in [9.17, 15) is 4.79 Å². The van der Waals surface area contributed by atoms with Crippen LogP contribution in [-0.4, -0.2) is 12.5 Å². The number of rotatable bonds is 3. The number of thiophene rings is 1. The Kier molecular flexibility index (Phi) is 3.87. The van der Waals surface area contributed by atoms with Crippen molar-refractivity contribution in [1.82, 2.24) is 0 Å². The minimum absolute atomic E-state index is 0.0337. The highest BCUT2D eigenvalue weighted by Crippen LogP contribution is 2.36. The van der Waals surface area contributed by atoms with Crippen LogP contribution in [0.4, 0.5) is 11.4 Å². The molecule has 4 nitrogen and oxygen atoms in total. The van der Waals surface area contributed by atoms with Crippen molar-refractivity contribution in [2.24, 2.45) is 0 Å². The third kappa shape index (κ3) is 2.92. The summed E-state index contributed by atoms with van der Waals surface area (Å²) in [5.41, 5.74) is 1.39. The standard InChI is InChI=1S/C13H10BrClN2O2S/c14-7-1-8(20-6-7)4-16-10-3-12-11(2-9(10)15)17-13(18)5-19-12/h1-3,6,16H,4-5H2,(H,17,18). The summed E-state index contributed by atoms with van der Waals surface area (Å²) in [6.07, 6.45) is 0. The van der Waals surface area contributed by atoms with Gasteiger partial charge in [0.2, 0.25) is 0 Å². The number of halogens is 2. The molecule has 2 N–H and O–H groups in total. The van der Waals surface area contributed by atoms with Crippen molar-refractivity contribution in [3.8, 4) is 5.75 Å². The highest BCUT2D eigenvalue weighted by Gasteiger charge is 2.18. The minimum Gasteiger partial charge on any atom is -0.482 e. The summed E-state index contributed by atoms with van der Waals surface area (Å²) in [6, 6.07) is 5.56. The zero-order valence-corrected chi connectivity index (χ0v) is 13.4. The molecule has 1 aliphatic rings. The number of anilines is 2. The molecule has 1 amide bonds. The number of fused-ring (bicyclic) bond motifs is 1. The molecule has 2 heterocycles. The molecule has 20 heavy (non-hydrogen) atoms. The van der Waals surface area contributed by atoms with Crippen molar-refractivity contribution in [2.45, 2.75) is 6.54 Å². The molecule has 1 aromatic heterocycles. The highest BCUT2D eigenvalue weighted by molar-refractivity contribution is 9.10. The quantitative estimate of drug-likeness (QED) is 0.851. The summed E-state index contributed by atoms with van der Waals surface area (Å²) < 4.78 is 6.44. The van der Waals surface area contributed by atoms with Gasteiger partial charge in [-0.3, -0.25) is 4.79 Å². The van der Waals surface area contributed by atoms with Crippen LogP contribution in [0, 0.1) is 0 Å². The molecule has 0 radical (unpaired) electrons. The van der Waals surface area contributed by atoms with Gasteiger partial charge in [0.1, 0.15) is 5.75 Å². The van der Waals surface area contributed by atoms with E-state index in [-0.39, 0.29) is 12.5 Å². The Bertz CT molecular complexity index is 674. The van der Waals surface area contributed by atoms with Gasteiger partial charge in [-0.15, -0.1) is 11.3 Å². The van der Waals surface area contributed by atoms with E-state index in [2.05, 4.69) is 32.6 Å². The number of hydrogen-bond acceptors (Lipinski definition) is 4. The van der Waals surface area contributed by atoms with Gasteiger partial charge in [-0.05, 0) is 28.1 Å². The Morgan fingerprint density at radius 3 is 3.05 bits per heavy atom. The molecule has 0 saturated heterocycles. The molecule has 104 valence electrons. The van der Waals surface area contributed by atoms with Gasteiger partial charge in [0, 0.05) is 27.3 Å². The molecular weight excluding hydrogens is 364 g/mol. The average Bonchev–Trinajstić information content (AvgIpc) is 2.82. The van der Waals surface area contributed by atoms with Crippen LogP contribution in [0.25, 0.3) is 0 Å². The summed E-state index contributed by atoms with van der Waals surface area (Å²) in [5, 5.41) is 8.57. The lowest BCUT2D eigenvalue weighted by Gasteiger charge is -2.19. The van der Waals surface area contributed by atoms with E-state index in [1.807, 2.05) is 5.38 Å². The monoisotopic (exact) mass is 372 g/mol. The van der Waals surface area contributed by atoms with E-state index in [0.29, 0.717) is 23.0 Å². The van der Waals surface area contributed by atoms with E-state index < -0.39 is 0 Å². The van der Waals surface area contributed by atoms with Gasteiger partial charge in [0.05, 0.1) is 16.4 Å². The molecular formula is C13H10BrClN2O2S. The van der Waals surface area contributed by atoms with E-state index >= 15 is 0 Å². The Hall–Kier alpha value is -1.24. The number of benzene rings is 1. The number of amides is 1. The summed E-state index contributed by atoms with van der Waals surface area (Å²) in [7, 11) is 0. The fourth-order valence-corrected chi connectivity index (χ4v) is 3.49. The predicted molar refractivity (Wildman–Crippen MR) is 84.9 cm³/mol. The van der Waals surface area contributed by atoms with Crippen molar-refractivity contribution in [2.75, 3.05) is 17.2 Å². The van der Waals surface area contributed by atoms with Crippen LogP contribution in [0.2, 0.25) is 5.02 Å². The Balaban J connectivity index is 1.78. The lowest BCUT2D eigenvalue weighted by atomic mass is 10.2. The van der Waals surface area contributed by atoms with E-state index in [4.69, 9.17) is 16.3 Å². The molecule has 0 fully saturated rings. The van der Waals surface area contributed by atoms with Crippen molar-refractivity contribution >= 4 is 56.1 Å². The molecule has 7 heteroatoms. The summed E-state index contributed by atoms with van der Waals surface area (Å²) >= 11 is 11.3. The van der Waals surface area contributed by atoms with E-state index in [1.165, 1.54) is 4.88 Å². The summed E-state index contributed by atoms with van der Waals surface area (Å²) in [4.78, 5) is 12.4. The molecule has 0 saturated carbocycles. The van der Waals surface area contributed by atoms with Gasteiger partial charge in [0.15, 0.2) is 6.61 Å². The van der Waals surface area contributed by atoms with Crippen molar-refractivity contribution in [3.05, 3.63) is 38.0 Å². The van der Waals surface area contributed by atoms with Gasteiger partial charge in [-0.25, -0.2) is 0 Å². The smallest absolute Gasteiger partial charge is 0.262 e. The van der Waals surface area contributed by atoms with Crippen LogP contribution in [0.5, 0.6) is 5.75 Å². The van der Waals surface area contributed by atoms with E-state index in [1.54, 1.807) is 23.5 Å². The second-order valence-electron chi connectivity index (χ2n) is 4.25. The van der Waals surface area contributed by atoms with Crippen molar-refractivity contribution in [1.29, 1.82) is 0 Å². The lowest BCUT2D eigenvalue weighted by Crippen LogP contribution is -2.25. The number of carbonyl (C=O) groups excluding carboxylic acids is 1. The molecule has 2 aromatic rings. The van der Waals surface area contributed by atoms with Crippen LogP contribution in [0.15, 0.2) is 28.1 Å². The maximum atomic E-state index is 11.2. The topological polar surface area (TPSA) is 50.4 Å². The number of carbonyl (C=O) groups is 1. The molecule has 3 rings (SSSR count).